The van der Waals surface area contributed by atoms with Gasteiger partial charge in [0.05, 0.1) is 18.3 Å². The Labute approximate surface area is 169 Å². The average molecular weight is 391 g/mol. The summed E-state index contributed by atoms with van der Waals surface area (Å²) in [5, 5.41) is 7.31. The molecule has 0 amide bonds. The highest BCUT2D eigenvalue weighted by Crippen LogP contribution is 2.22. The van der Waals surface area contributed by atoms with Crippen molar-refractivity contribution in [3.8, 4) is 5.75 Å². The van der Waals surface area contributed by atoms with Crippen molar-refractivity contribution in [3.05, 3.63) is 83.3 Å². The molecule has 29 heavy (non-hydrogen) atoms. The van der Waals surface area contributed by atoms with Gasteiger partial charge in [0.2, 0.25) is 0 Å². The number of aryl methyl sites for hydroxylation is 3. The summed E-state index contributed by atoms with van der Waals surface area (Å²) in [4.78, 5) is 8.91. The lowest BCUT2D eigenvalue weighted by atomic mass is 10.1. The molecule has 1 aromatic carbocycles. The Hall–Kier alpha value is -3.35. The van der Waals surface area contributed by atoms with Crippen molar-refractivity contribution in [1.29, 1.82) is 0 Å². The van der Waals surface area contributed by atoms with E-state index in [-0.39, 0.29) is 6.04 Å². The Morgan fingerprint density at radius 2 is 1.83 bits per heavy atom. The number of aromatic amines is 1. The van der Waals surface area contributed by atoms with Gasteiger partial charge in [-0.15, -0.1) is 0 Å². The van der Waals surface area contributed by atoms with E-state index in [1.807, 2.05) is 57.4 Å². The lowest BCUT2D eigenvalue weighted by Crippen LogP contribution is -2.13. The van der Waals surface area contributed by atoms with E-state index in [4.69, 9.17) is 9.15 Å². The van der Waals surface area contributed by atoms with Crippen LogP contribution in [-0.4, -0.2) is 31.3 Å². The topological polar surface area (TPSA) is 81.8 Å². The van der Waals surface area contributed by atoms with Crippen molar-refractivity contribution >= 4 is 0 Å². The number of hydrogen-bond donors (Lipinski definition) is 1. The highest BCUT2D eigenvalue weighted by atomic mass is 16.5. The maximum absolute atomic E-state index is 5.88. The molecule has 4 rings (SSSR count). The minimum atomic E-state index is 0.0418. The fraction of sp³-hybridized carbons (Fsp3) is 0.318. The third-order valence-corrected chi connectivity index (χ3v) is 4.86. The summed E-state index contributed by atoms with van der Waals surface area (Å²) in [5.74, 6) is 4.01. The number of benzene rings is 1. The normalized spacial score (nSPS) is 12.2. The number of H-pyrrole nitrogens is 1. The molecule has 0 spiro atoms. The van der Waals surface area contributed by atoms with Gasteiger partial charge in [-0.25, -0.2) is 9.97 Å². The van der Waals surface area contributed by atoms with Crippen LogP contribution in [0.3, 0.4) is 0 Å². The van der Waals surface area contributed by atoms with Crippen LogP contribution in [0.4, 0.5) is 0 Å². The molecule has 0 bridgehead atoms. The highest BCUT2D eigenvalue weighted by Gasteiger charge is 2.18. The number of ether oxygens (including phenoxy) is 1. The average Bonchev–Trinajstić information content (AvgIpc) is 3.44. The van der Waals surface area contributed by atoms with Gasteiger partial charge in [-0.1, -0.05) is 12.1 Å². The third-order valence-electron chi connectivity index (χ3n) is 4.86. The minimum Gasteiger partial charge on any atom is -0.493 e. The van der Waals surface area contributed by atoms with Crippen LogP contribution >= 0.6 is 0 Å². The van der Waals surface area contributed by atoms with Crippen LogP contribution < -0.4 is 4.74 Å². The lowest BCUT2D eigenvalue weighted by molar-refractivity contribution is 0.319. The van der Waals surface area contributed by atoms with Crippen LogP contribution in [0.2, 0.25) is 0 Å². The first kappa shape index (κ1) is 19.0. The van der Waals surface area contributed by atoms with Gasteiger partial charge < -0.3 is 13.7 Å². The zero-order valence-electron chi connectivity index (χ0n) is 16.9. The standard InChI is InChI=1S/C22H25N5O2/c1-15-20(24-17(3)29-15)10-13-28-19-8-6-18(7-9-19)14-21(27-11-4-5-12-27)22-23-16(2)25-26-22/h4-9,11-12,21H,10,13-14H2,1-3H3,(H,23,25,26)/t21-/m0/s1. The smallest absolute Gasteiger partial charge is 0.191 e. The van der Waals surface area contributed by atoms with E-state index in [1.54, 1.807) is 0 Å². The van der Waals surface area contributed by atoms with Crippen LogP contribution in [0.25, 0.3) is 0 Å². The van der Waals surface area contributed by atoms with E-state index in [9.17, 15) is 0 Å². The maximum Gasteiger partial charge on any atom is 0.191 e. The number of nitrogens with zero attached hydrogens (tertiary/aromatic N) is 4. The Morgan fingerprint density at radius 3 is 2.45 bits per heavy atom. The second kappa shape index (κ2) is 8.34. The van der Waals surface area contributed by atoms with Gasteiger partial charge in [0.15, 0.2) is 11.7 Å². The fourth-order valence-corrected chi connectivity index (χ4v) is 3.41. The minimum absolute atomic E-state index is 0.0418. The molecule has 0 radical (unpaired) electrons. The predicted molar refractivity (Wildman–Crippen MR) is 109 cm³/mol. The van der Waals surface area contributed by atoms with E-state index < -0.39 is 0 Å². The molecule has 0 aliphatic rings. The number of nitrogens with one attached hydrogen (secondary N) is 1. The molecule has 7 heteroatoms. The summed E-state index contributed by atoms with van der Waals surface area (Å²) in [7, 11) is 0. The van der Waals surface area contributed by atoms with Crippen molar-refractivity contribution in [2.24, 2.45) is 0 Å². The Morgan fingerprint density at radius 1 is 1.07 bits per heavy atom. The molecule has 3 aromatic heterocycles. The van der Waals surface area contributed by atoms with Crippen LogP contribution in [0.5, 0.6) is 5.75 Å². The molecule has 0 unspecified atom stereocenters. The first-order valence-corrected chi connectivity index (χ1v) is 9.74. The molecule has 0 saturated carbocycles. The van der Waals surface area contributed by atoms with Gasteiger partial charge in [-0.3, -0.25) is 5.10 Å². The highest BCUT2D eigenvalue weighted by molar-refractivity contribution is 5.28. The maximum atomic E-state index is 5.88. The zero-order chi connectivity index (χ0) is 20.2. The molecule has 0 aliphatic heterocycles. The monoisotopic (exact) mass is 391 g/mol. The summed E-state index contributed by atoms with van der Waals surface area (Å²) >= 11 is 0. The SMILES string of the molecule is Cc1nc([C@H](Cc2ccc(OCCc3nc(C)oc3C)cc2)n2cccc2)n[nH]1. The second-order valence-corrected chi connectivity index (χ2v) is 7.11. The molecule has 1 atom stereocenters. The van der Waals surface area contributed by atoms with Crippen molar-refractivity contribution in [3.63, 3.8) is 0 Å². The van der Waals surface area contributed by atoms with Crippen molar-refractivity contribution in [2.45, 2.75) is 39.7 Å². The first-order valence-electron chi connectivity index (χ1n) is 9.74. The summed E-state index contributed by atoms with van der Waals surface area (Å²) < 4.78 is 13.5. The molecule has 0 aliphatic carbocycles. The Bertz CT molecular complexity index is 1050. The van der Waals surface area contributed by atoms with Gasteiger partial charge in [-0.05, 0) is 43.7 Å². The van der Waals surface area contributed by atoms with E-state index in [1.165, 1.54) is 5.56 Å². The van der Waals surface area contributed by atoms with E-state index >= 15 is 0 Å². The van der Waals surface area contributed by atoms with Crippen molar-refractivity contribution in [2.75, 3.05) is 6.61 Å². The number of hydrogen-bond acceptors (Lipinski definition) is 5. The molecule has 0 saturated heterocycles. The summed E-state index contributed by atoms with van der Waals surface area (Å²) in [6.45, 7) is 6.27. The fourth-order valence-electron chi connectivity index (χ4n) is 3.41. The molecule has 150 valence electrons. The molecule has 3 heterocycles. The predicted octanol–water partition coefficient (Wildman–Crippen LogP) is 3.97. The number of oxazole rings is 1. The Kier molecular flexibility index (Phi) is 5.46. The van der Waals surface area contributed by atoms with Crippen LogP contribution in [-0.2, 0) is 12.8 Å². The molecular formula is C22H25N5O2. The molecular weight excluding hydrogens is 366 g/mol. The largest absolute Gasteiger partial charge is 0.493 e. The molecule has 7 nitrogen and oxygen atoms in total. The van der Waals surface area contributed by atoms with Crippen molar-refractivity contribution in [1.82, 2.24) is 24.7 Å². The number of aromatic nitrogens is 5. The summed E-state index contributed by atoms with van der Waals surface area (Å²) in [5.41, 5.74) is 2.15. The van der Waals surface area contributed by atoms with Gasteiger partial charge >= 0.3 is 0 Å². The van der Waals surface area contributed by atoms with Crippen LogP contribution in [0.15, 0.2) is 53.2 Å². The Balaban J connectivity index is 1.39. The molecule has 0 fully saturated rings. The van der Waals surface area contributed by atoms with Gasteiger partial charge in [0, 0.05) is 32.2 Å². The molecule has 4 aromatic rings. The van der Waals surface area contributed by atoms with Gasteiger partial charge in [-0.2, -0.15) is 5.10 Å². The quantitative estimate of drug-likeness (QED) is 0.491. The van der Waals surface area contributed by atoms with Gasteiger partial charge in [0.1, 0.15) is 17.3 Å². The van der Waals surface area contributed by atoms with E-state index in [0.29, 0.717) is 12.5 Å². The third kappa shape index (κ3) is 4.56. The zero-order valence-corrected chi connectivity index (χ0v) is 16.9. The van der Waals surface area contributed by atoms with Crippen molar-refractivity contribution < 1.29 is 9.15 Å². The second-order valence-electron chi connectivity index (χ2n) is 7.11. The van der Waals surface area contributed by atoms with Crippen LogP contribution in [0, 0.1) is 20.8 Å². The lowest BCUT2D eigenvalue weighted by Gasteiger charge is -2.16. The number of rotatable bonds is 8. The van der Waals surface area contributed by atoms with Gasteiger partial charge in [0.25, 0.3) is 0 Å². The van der Waals surface area contributed by atoms with E-state index in [0.717, 1.165) is 41.7 Å². The first-order chi connectivity index (χ1) is 14.1. The summed E-state index contributed by atoms with van der Waals surface area (Å²) in [6, 6.07) is 12.3. The summed E-state index contributed by atoms with van der Waals surface area (Å²) in [6.07, 6.45) is 5.61. The molecule has 1 N–H and O–H groups in total. The van der Waals surface area contributed by atoms with E-state index in [2.05, 4.69) is 36.9 Å². The van der Waals surface area contributed by atoms with Crippen LogP contribution in [0.1, 0.15) is 40.6 Å².